The van der Waals surface area contributed by atoms with Crippen LogP contribution in [-0.2, 0) is 14.8 Å². The molecule has 0 radical (unpaired) electrons. The monoisotopic (exact) mass is 432 g/mol. The summed E-state index contributed by atoms with van der Waals surface area (Å²) < 4.78 is 44.4. The Labute approximate surface area is 175 Å². The predicted octanol–water partition coefficient (Wildman–Crippen LogP) is 2.81. The van der Waals surface area contributed by atoms with Gasteiger partial charge in [-0.15, -0.1) is 0 Å². The molecule has 0 spiro atoms. The summed E-state index contributed by atoms with van der Waals surface area (Å²) in [5.74, 6) is 0.127. The predicted molar refractivity (Wildman–Crippen MR) is 112 cm³/mol. The van der Waals surface area contributed by atoms with Gasteiger partial charge in [0.15, 0.2) is 0 Å². The van der Waals surface area contributed by atoms with Crippen LogP contribution in [0.25, 0.3) is 11.0 Å². The van der Waals surface area contributed by atoms with Gasteiger partial charge in [0.05, 0.1) is 25.8 Å². The van der Waals surface area contributed by atoms with Crippen molar-refractivity contribution >= 4 is 27.0 Å². The zero-order chi connectivity index (χ0) is 21.9. The molecule has 1 atom stereocenters. The first kappa shape index (κ1) is 21.8. The summed E-state index contributed by atoms with van der Waals surface area (Å²) in [5, 5.41) is 0.939. The smallest absolute Gasteiger partial charge is 0.337 e. The summed E-state index contributed by atoms with van der Waals surface area (Å²) >= 11 is 0. The molecule has 160 valence electrons. The highest BCUT2D eigenvalue weighted by molar-refractivity contribution is 7.89. The molecule has 0 aliphatic rings. The standard InChI is InChI=1S/C21H24N2O6S/c1-23(2)16(19-11-14-7-5-6-8-17(14)29-19)13-22-30(25,26)20-12-15(21(24)28-4)9-10-18(20)27-3/h5-12,16,22H,13H2,1-4H3/t16-/m1/s1. The maximum Gasteiger partial charge on any atom is 0.337 e. The molecule has 8 nitrogen and oxygen atoms in total. The van der Waals surface area contributed by atoms with E-state index in [1.807, 2.05) is 49.3 Å². The molecule has 30 heavy (non-hydrogen) atoms. The van der Waals surface area contributed by atoms with Crippen molar-refractivity contribution in [1.29, 1.82) is 0 Å². The van der Waals surface area contributed by atoms with Crippen molar-refractivity contribution in [2.24, 2.45) is 0 Å². The Morgan fingerprint density at radius 3 is 2.50 bits per heavy atom. The van der Waals surface area contributed by atoms with Crippen LogP contribution in [0.15, 0.2) is 57.8 Å². The Morgan fingerprint density at radius 2 is 1.87 bits per heavy atom. The second kappa shape index (κ2) is 8.86. The number of furan rings is 1. The van der Waals surface area contributed by atoms with Crippen LogP contribution in [-0.4, -0.2) is 54.1 Å². The number of esters is 1. The number of sulfonamides is 1. The highest BCUT2D eigenvalue weighted by Gasteiger charge is 2.26. The van der Waals surface area contributed by atoms with Crippen LogP contribution in [0.5, 0.6) is 5.75 Å². The van der Waals surface area contributed by atoms with E-state index >= 15 is 0 Å². The number of benzene rings is 2. The molecule has 3 rings (SSSR count). The number of hydrogen-bond donors (Lipinski definition) is 1. The lowest BCUT2D eigenvalue weighted by Crippen LogP contribution is -2.34. The van der Waals surface area contributed by atoms with Gasteiger partial charge in [0.2, 0.25) is 10.0 Å². The summed E-state index contributed by atoms with van der Waals surface area (Å²) in [6.07, 6.45) is 0. The first-order valence-electron chi connectivity index (χ1n) is 9.17. The van der Waals surface area contributed by atoms with Gasteiger partial charge in [0.25, 0.3) is 0 Å². The van der Waals surface area contributed by atoms with E-state index in [9.17, 15) is 13.2 Å². The van der Waals surface area contributed by atoms with E-state index in [0.717, 1.165) is 11.0 Å². The minimum Gasteiger partial charge on any atom is -0.495 e. The van der Waals surface area contributed by atoms with E-state index < -0.39 is 16.0 Å². The lowest BCUT2D eigenvalue weighted by atomic mass is 10.2. The molecule has 0 bridgehead atoms. The van der Waals surface area contributed by atoms with Crippen LogP contribution in [0.2, 0.25) is 0 Å². The lowest BCUT2D eigenvalue weighted by molar-refractivity contribution is 0.0600. The molecule has 0 saturated carbocycles. The van der Waals surface area contributed by atoms with Crippen molar-refractivity contribution in [2.75, 3.05) is 34.9 Å². The number of likely N-dealkylation sites (N-methyl/N-ethyl adjacent to an activating group) is 1. The molecule has 0 saturated heterocycles. The number of rotatable bonds is 8. The van der Waals surface area contributed by atoms with E-state index in [4.69, 9.17) is 9.15 Å². The number of carbonyl (C=O) groups excluding carboxylic acids is 1. The molecule has 0 aliphatic heterocycles. The van der Waals surface area contributed by atoms with Gasteiger partial charge in [-0.1, -0.05) is 18.2 Å². The van der Waals surface area contributed by atoms with Crippen molar-refractivity contribution in [3.05, 3.63) is 59.9 Å². The maximum atomic E-state index is 13.0. The van der Waals surface area contributed by atoms with E-state index in [0.29, 0.717) is 5.76 Å². The fourth-order valence-corrected chi connectivity index (χ4v) is 4.33. The Morgan fingerprint density at radius 1 is 1.13 bits per heavy atom. The van der Waals surface area contributed by atoms with Crippen molar-refractivity contribution in [1.82, 2.24) is 9.62 Å². The molecule has 2 aromatic carbocycles. The van der Waals surface area contributed by atoms with E-state index in [1.54, 1.807) is 0 Å². The molecular formula is C21H24N2O6S. The van der Waals surface area contributed by atoms with Gasteiger partial charge < -0.3 is 13.9 Å². The maximum absolute atomic E-state index is 13.0. The Balaban J connectivity index is 1.89. The van der Waals surface area contributed by atoms with Crippen LogP contribution in [0.1, 0.15) is 22.2 Å². The summed E-state index contributed by atoms with van der Waals surface area (Å²) in [4.78, 5) is 13.5. The third kappa shape index (κ3) is 4.48. The minimum atomic E-state index is -3.99. The molecule has 0 unspecified atom stereocenters. The quantitative estimate of drug-likeness (QED) is 0.547. The number of ether oxygens (including phenoxy) is 2. The number of nitrogens with zero attached hydrogens (tertiary/aromatic N) is 1. The van der Waals surface area contributed by atoms with Crippen molar-refractivity contribution in [2.45, 2.75) is 10.9 Å². The zero-order valence-corrected chi connectivity index (χ0v) is 18.0. The number of hydrogen-bond acceptors (Lipinski definition) is 7. The van der Waals surface area contributed by atoms with Crippen molar-refractivity contribution < 1.29 is 27.1 Å². The Kier molecular flexibility index (Phi) is 6.45. The number of fused-ring (bicyclic) bond motifs is 1. The van der Waals surface area contributed by atoms with E-state index in [-0.39, 0.29) is 28.8 Å². The van der Waals surface area contributed by atoms with Crippen LogP contribution < -0.4 is 9.46 Å². The zero-order valence-electron chi connectivity index (χ0n) is 17.2. The molecule has 9 heteroatoms. The molecule has 0 aliphatic carbocycles. The molecule has 1 heterocycles. The number of para-hydroxylation sites is 1. The number of nitrogens with one attached hydrogen (secondary N) is 1. The summed E-state index contributed by atoms with van der Waals surface area (Å²) in [7, 11) is 2.29. The molecule has 0 amide bonds. The van der Waals surface area contributed by atoms with Crippen LogP contribution in [0.4, 0.5) is 0 Å². The van der Waals surface area contributed by atoms with Gasteiger partial charge in [-0.3, -0.25) is 4.90 Å². The third-order valence-electron chi connectivity index (χ3n) is 4.74. The van der Waals surface area contributed by atoms with Crippen LogP contribution in [0, 0.1) is 0 Å². The largest absolute Gasteiger partial charge is 0.495 e. The fraction of sp³-hybridized carbons (Fsp3) is 0.286. The third-order valence-corrected chi connectivity index (χ3v) is 6.18. The normalized spacial score (nSPS) is 12.8. The first-order chi connectivity index (χ1) is 14.3. The van der Waals surface area contributed by atoms with Gasteiger partial charge in [0, 0.05) is 11.9 Å². The fourth-order valence-electron chi connectivity index (χ4n) is 3.10. The first-order valence-corrected chi connectivity index (χ1v) is 10.7. The van der Waals surface area contributed by atoms with Crippen LogP contribution >= 0.6 is 0 Å². The molecular weight excluding hydrogens is 408 g/mol. The van der Waals surface area contributed by atoms with Gasteiger partial charge in [-0.25, -0.2) is 17.9 Å². The average molecular weight is 432 g/mol. The van der Waals surface area contributed by atoms with Crippen molar-refractivity contribution in [3.8, 4) is 5.75 Å². The molecule has 1 aromatic heterocycles. The van der Waals surface area contributed by atoms with Gasteiger partial charge in [0.1, 0.15) is 22.0 Å². The number of carbonyl (C=O) groups is 1. The second-order valence-corrected chi connectivity index (χ2v) is 8.61. The molecule has 1 N–H and O–H groups in total. The summed E-state index contributed by atoms with van der Waals surface area (Å²) in [6, 6.07) is 13.2. The van der Waals surface area contributed by atoms with E-state index in [2.05, 4.69) is 9.46 Å². The summed E-state index contributed by atoms with van der Waals surface area (Å²) in [5.41, 5.74) is 0.842. The topological polar surface area (TPSA) is 98.1 Å². The highest BCUT2D eigenvalue weighted by atomic mass is 32.2. The minimum absolute atomic E-state index is 0.0563. The van der Waals surface area contributed by atoms with Gasteiger partial charge >= 0.3 is 5.97 Å². The Hall–Kier alpha value is -2.88. The summed E-state index contributed by atoms with van der Waals surface area (Å²) in [6.45, 7) is 0.0563. The van der Waals surface area contributed by atoms with Gasteiger partial charge in [-0.2, -0.15) is 0 Å². The van der Waals surface area contributed by atoms with Gasteiger partial charge in [-0.05, 0) is 44.4 Å². The highest BCUT2D eigenvalue weighted by Crippen LogP contribution is 2.28. The molecule has 0 fully saturated rings. The Bertz CT molecular complexity index is 1120. The molecule has 3 aromatic rings. The van der Waals surface area contributed by atoms with Crippen molar-refractivity contribution in [3.63, 3.8) is 0 Å². The average Bonchev–Trinajstić information content (AvgIpc) is 3.16. The van der Waals surface area contributed by atoms with Crippen LogP contribution in [0.3, 0.4) is 0 Å². The SMILES string of the molecule is COC(=O)c1ccc(OC)c(S(=O)(=O)NC[C@H](c2cc3ccccc3o2)N(C)C)c1. The number of methoxy groups -OCH3 is 2. The lowest BCUT2D eigenvalue weighted by Gasteiger charge is -2.23. The second-order valence-electron chi connectivity index (χ2n) is 6.88. The van der Waals surface area contributed by atoms with E-state index in [1.165, 1.54) is 32.4 Å².